The summed E-state index contributed by atoms with van der Waals surface area (Å²) in [4.78, 5) is 13.3. The lowest BCUT2D eigenvalue weighted by Gasteiger charge is -2.24. The largest absolute Gasteiger partial charge is 0.508 e. The second-order valence-corrected chi connectivity index (χ2v) is 5.75. The van der Waals surface area contributed by atoms with E-state index in [1.165, 1.54) is 0 Å². The highest BCUT2D eigenvalue weighted by atomic mass is 16.6. The number of hydrogen-bond acceptors (Lipinski definition) is 4. The SMILES string of the molecule is CN(CCNCc1ccc(O)cc1)C(=O)OC(C)(C)C. The molecule has 1 amide bonds. The molecule has 1 aromatic carbocycles. The molecule has 0 aromatic heterocycles. The fraction of sp³-hybridized carbons (Fsp3) is 0.533. The lowest BCUT2D eigenvalue weighted by Crippen LogP contribution is -2.37. The first-order valence-electron chi connectivity index (χ1n) is 6.71. The zero-order chi connectivity index (χ0) is 15.2. The van der Waals surface area contributed by atoms with E-state index in [1.807, 2.05) is 32.9 Å². The van der Waals surface area contributed by atoms with E-state index in [0.717, 1.165) is 5.56 Å². The van der Waals surface area contributed by atoms with E-state index >= 15 is 0 Å². The molecule has 2 N–H and O–H groups in total. The topological polar surface area (TPSA) is 61.8 Å². The molecule has 5 nitrogen and oxygen atoms in total. The van der Waals surface area contributed by atoms with Gasteiger partial charge in [0.1, 0.15) is 11.4 Å². The summed E-state index contributed by atoms with van der Waals surface area (Å²) in [6.45, 7) is 7.50. The quantitative estimate of drug-likeness (QED) is 0.813. The number of nitrogens with zero attached hydrogens (tertiary/aromatic N) is 1. The lowest BCUT2D eigenvalue weighted by atomic mass is 10.2. The van der Waals surface area contributed by atoms with E-state index in [0.29, 0.717) is 19.6 Å². The van der Waals surface area contributed by atoms with Crippen molar-refractivity contribution in [2.75, 3.05) is 20.1 Å². The van der Waals surface area contributed by atoms with Gasteiger partial charge in [-0.15, -0.1) is 0 Å². The average Bonchev–Trinajstić information content (AvgIpc) is 2.34. The summed E-state index contributed by atoms with van der Waals surface area (Å²) in [6.07, 6.45) is -0.316. The molecular weight excluding hydrogens is 256 g/mol. The van der Waals surface area contributed by atoms with Gasteiger partial charge in [0.15, 0.2) is 0 Å². The van der Waals surface area contributed by atoms with Gasteiger partial charge < -0.3 is 20.1 Å². The van der Waals surface area contributed by atoms with Crippen molar-refractivity contribution in [1.29, 1.82) is 0 Å². The number of hydrogen-bond donors (Lipinski definition) is 2. The Hall–Kier alpha value is -1.75. The van der Waals surface area contributed by atoms with Crippen LogP contribution in [0.4, 0.5) is 4.79 Å². The van der Waals surface area contributed by atoms with Crippen LogP contribution in [0.15, 0.2) is 24.3 Å². The Morgan fingerprint density at radius 3 is 2.45 bits per heavy atom. The summed E-state index contributed by atoms with van der Waals surface area (Å²) < 4.78 is 5.26. The molecule has 0 fully saturated rings. The Labute approximate surface area is 120 Å². The maximum atomic E-state index is 11.7. The van der Waals surface area contributed by atoms with Gasteiger partial charge in [-0.1, -0.05) is 12.1 Å². The number of aromatic hydroxyl groups is 1. The van der Waals surface area contributed by atoms with E-state index in [9.17, 15) is 9.90 Å². The fourth-order valence-electron chi connectivity index (χ4n) is 1.52. The average molecular weight is 280 g/mol. The van der Waals surface area contributed by atoms with Crippen molar-refractivity contribution in [2.24, 2.45) is 0 Å². The molecule has 0 aliphatic heterocycles. The Balaban J connectivity index is 2.23. The van der Waals surface area contributed by atoms with Gasteiger partial charge >= 0.3 is 6.09 Å². The Kier molecular flexibility index (Phi) is 5.82. The molecule has 20 heavy (non-hydrogen) atoms. The number of carbonyl (C=O) groups excluding carboxylic acids is 1. The highest BCUT2D eigenvalue weighted by Crippen LogP contribution is 2.10. The van der Waals surface area contributed by atoms with Crippen LogP contribution in [0.1, 0.15) is 26.3 Å². The van der Waals surface area contributed by atoms with Crippen molar-refractivity contribution in [3.63, 3.8) is 0 Å². The first-order valence-corrected chi connectivity index (χ1v) is 6.71. The second-order valence-electron chi connectivity index (χ2n) is 5.75. The van der Waals surface area contributed by atoms with Crippen LogP contribution in [0.25, 0.3) is 0 Å². The molecule has 0 unspecified atom stereocenters. The highest BCUT2D eigenvalue weighted by Gasteiger charge is 2.18. The highest BCUT2D eigenvalue weighted by molar-refractivity contribution is 5.67. The van der Waals surface area contributed by atoms with Crippen LogP contribution in [0.3, 0.4) is 0 Å². The summed E-state index contributed by atoms with van der Waals surface area (Å²) in [5.74, 6) is 0.262. The smallest absolute Gasteiger partial charge is 0.410 e. The molecule has 0 saturated carbocycles. The summed E-state index contributed by atoms with van der Waals surface area (Å²) >= 11 is 0. The summed E-state index contributed by atoms with van der Waals surface area (Å²) in [5.41, 5.74) is 0.618. The number of amides is 1. The minimum atomic E-state index is -0.467. The molecule has 5 heteroatoms. The van der Waals surface area contributed by atoms with E-state index in [4.69, 9.17) is 4.74 Å². The van der Waals surface area contributed by atoms with Crippen molar-refractivity contribution >= 4 is 6.09 Å². The van der Waals surface area contributed by atoms with Crippen molar-refractivity contribution < 1.29 is 14.6 Å². The van der Waals surface area contributed by atoms with Crippen LogP contribution in [0.5, 0.6) is 5.75 Å². The molecule has 112 valence electrons. The lowest BCUT2D eigenvalue weighted by molar-refractivity contribution is 0.0300. The van der Waals surface area contributed by atoms with Gasteiger partial charge in [0, 0.05) is 26.7 Å². The van der Waals surface area contributed by atoms with Crippen molar-refractivity contribution in [2.45, 2.75) is 32.9 Å². The number of benzene rings is 1. The number of rotatable bonds is 5. The van der Waals surface area contributed by atoms with Crippen LogP contribution in [0, 0.1) is 0 Å². The van der Waals surface area contributed by atoms with Crippen LogP contribution < -0.4 is 5.32 Å². The third kappa shape index (κ3) is 6.43. The van der Waals surface area contributed by atoms with Crippen molar-refractivity contribution in [3.8, 4) is 5.75 Å². The monoisotopic (exact) mass is 280 g/mol. The van der Waals surface area contributed by atoms with Gasteiger partial charge in [0.25, 0.3) is 0 Å². The molecule has 0 atom stereocenters. The molecule has 1 rings (SSSR count). The standard InChI is InChI=1S/C15H24N2O3/c1-15(2,3)20-14(19)17(4)10-9-16-11-12-5-7-13(18)8-6-12/h5-8,16,18H,9-11H2,1-4H3. The Morgan fingerprint density at radius 2 is 1.90 bits per heavy atom. The molecule has 0 bridgehead atoms. The molecule has 0 heterocycles. The second kappa shape index (κ2) is 7.14. The molecule has 0 spiro atoms. The maximum absolute atomic E-state index is 11.7. The number of nitrogens with one attached hydrogen (secondary N) is 1. The number of phenolic OH excluding ortho intramolecular Hbond substituents is 1. The predicted octanol–water partition coefficient (Wildman–Crippen LogP) is 2.35. The van der Waals surface area contributed by atoms with Crippen LogP contribution in [-0.4, -0.2) is 41.8 Å². The molecule has 1 aromatic rings. The third-order valence-corrected chi connectivity index (χ3v) is 2.59. The van der Waals surface area contributed by atoms with Gasteiger partial charge in [-0.2, -0.15) is 0 Å². The Bertz CT molecular complexity index is 424. The molecule has 0 radical (unpaired) electrons. The summed E-state index contributed by atoms with van der Waals surface area (Å²) in [5, 5.41) is 12.4. The minimum Gasteiger partial charge on any atom is -0.508 e. The molecule has 0 aliphatic carbocycles. The first-order chi connectivity index (χ1) is 9.28. The van der Waals surface area contributed by atoms with E-state index < -0.39 is 5.60 Å². The van der Waals surface area contributed by atoms with Gasteiger partial charge in [0.05, 0.1) is 0 Å². The molecular formula is C15H24N2O3. The van der Waals surface area contributed by atoms with E-state index in [2.05, 4.69) is 5.32 Å². The van der Waals surface area contributed by atoms with Gasteiger partial charge in [-0.25, -0.2) is 4.79 Å². The van der Waals surface area contributed by atoms with E-state index in [-0.39, 0.29) is 11.8 Å². The van der Waals surface area contributed by atoms with Gasteiger partial charge in [-0.05, 0) is 38.5 Å². The normalized spacial score (nSPS) is 11.2. The van der Waals surface area contributed by atoms with Crippen molar-refractivity contribution in [3.05, 3.63) is 29.8 Å². The third-order valence-electron chi connectivity index (χ3n) is 2.59. The van der Waals surface area contributed by atoms with Crippen molar-refractivity contribution in [1.82, 2.24) is 10.2 Å². The predicted molar refractivity (Wildman–Crippen MR) is 78.7 cm³/mol. The molecule has 0 saturated heterocycles. The number of phenols is 1. The zero-order valence-corrected chi connectivity index (χ0v) is 12.6. The first kappa shape index (κ1) is 16.3. The number of carbonyl (C=O) groups is 1. The van der Waals surface area contributed by atoms with Crippen LogP contribution >= 0.6 is 0 Å². The van der Waals surface area contributed by atoms with Crippen LogP contribution in [-0.2, 0) is 11.3 Å². The molecule has 0 aliphatic rings. The zero-order valence-electron chi connectivity index (χ0n) is 12.6. The van der Waals surface area contributed by atoms with E-state index in [1.54, 1.807) is 24.1 Å². The van der Waals surface area contributed by atoms with Gasteiger partial charge in [-0.3, -0.25) is 0 Å². The summed E-state index contributed by atoms with van der Waals surface area (Å²) in [6, 6.07) is 7.04. The van der Waals surface area contributed by atoms with Crippen LogP contribution in [0.2, 0.25) is 0 Å². The van der Waals surface area contributed by atoms with Gasteiger partial charge in [0.2, 0.25) is 0 Å². The minimum absolute atomic E-state index is 0.262. The fourth-order valence-corrected chi connectivity index (χ4v) is 1.52. The maximum Gasteiger partial charge on any atom is 0.410 e. The number of likely N-dealkylation sites (N-methyl/N-ethyl adjacent to an activating group) is 1. The Morgan fingerprint density at radius 1 is 1.30 bits per heavy atom. The number of ether oxygens (including phenoxy) is 1. The summed E-state index contributed by atoms with van der Waals surface area (Å²) in [7, 11) is 1.72.